The molecule has 0 saturated carbocycles. The molecule has 1 N–H and O–H groups in total. The van der Waals surface area contributed by atoms with Crippen molar-refractivity contribution in [2.24, 2.45) is 0 Å². The molecule has 0 aliphatic carbocycles. The highest BCUT2D eigenvalue weighted by Gasteiger charge is 2.25. The Morgan fingerprint density at radius 2 is 1.95 bits per heavy atom. The van der Waals surface area contributed by atoms with Gasteiger partial charge in [0, 0.05) is 6.42 Å². The van der Waals surface area contributed by atoms with Crippen molar-refractivity contribution in [1.29, 1.82) is 0 Å². The van der Waals surface area contributed by atoms with E-state index in [1.807, 2.05) is 24.3 Å². The van der Waals surface area contributed by atoms with Crippen LogP contribution in [-0.2, 0) is 27.3 Å². The zero-order valence-electron chi connectivity index (χ0n) is 11.3. The first-order chi connectivity index (χ1) is 9.63. The Kier molecular flexibility index (Phi) is 4.40. The molecule has 106 valence electrons. The lowest BCUT2D eigenvalue weighted by molar-refractivity contribution is -0.139. The largest absolute Gasteiger partial charge is 0.514 e. The van der Waals surface area contributed by atoms with Crippen LogP contribution in [0.5, 0.6) is 0 Å². The molecule has 2 rings (SSSR count). The number of methoxy groups -OCH3 is 1. The molecule has 1 aliphatic rings. The van der Waals surface area contributed by atoms with Crippen LogP contribution in [0.2, 0.25) is 0 Å². The van der Waals surface area contributed by atoms with Crippen molar-refractivity contribution in [3.05, 3.63) is 47.4 Å². The minimum absolute atomic E-state index is 0.0175. The molecule has 1 fully saturated rings. The standard InChI is InChI=1S/C15H17NO4/c1-20-15(19)8-11-2-4-12(5-3-11)9-16-13(10-17)6-7-14(16)18/h2-5,10,17H,6-9H2,1H3/b13-10+. The maximum absolute atomic E-state index is 11.7. The van der Waals surface area contributed by atoms with E-state index in [2.05, 4.69) is 4.74 Å². The Morgan fingerprint density at radius 1 is 1.30 bits per heavy atom. The summed E-state index contributed by atoms with van der Waals surface area (Å²) >= 11 is 0. The number of benzene rings is 1. The third-order valence-corrected chi connectivity index (χ3v) is 3.33. The number of ether oxygens (including phenoxy) is 1. The average Bonchev–Trinajstić information content (AvgIpc) is 2.81. The lowest BCUT2D eigenvalue weighted by Gasteiger charge is -2.17. The van der Waals surface area contributed by atoms with Gasteiger partial charge in [-0.3, -0.25) is 9.59 Å². The fraction of sp³-hybridized carbons (Fsp3) is 0.333. The van der Waals surface area contributed by atoms with Gasteiger partial charge in [-0.15, -0.1) is 0 Å². The zero-order valence-corrected chi connectivity index (χ0v) is 11.3. The number of allylic oxidation sites excluding steroid dienone is 1. The number of amides is 1. The Labute approximate surface area is 117 Å². The topological polar surface area (TPSA) is 66.8 Å². The van der Waals surface area contributed by atoms with E-state index in [-0.39, 0.29) is 18.3 Å². The molecule has 0 spiro atoms. The molecule has 0 radical (unpaired) electrons. The minimum atomic E-state index is -0.280. The molecule has 1 amide bonds. The van der Waals surface area contributed by atoms with Gasteiger partial charge in [0.15, 0.2) is 0 Å². The van der Waals surface area contributed by atoms with Crippen LogP contribution in [0.4, 0.5) is 0 Å². The first kappa shape index (κ1) is 14.1. The molecule has 1 aromatic rings. The average molecular weight is 275 g/mol. The highest BCUT2D eigenvalue weighted by molar-refractivity contribution is 5.81. The fourth-order valence-corrected chi connectivity index (χ4v) is 2.17. The number of nitrogens with zero attached hydrogens (tertiary/aromatic N) is 1. The van der Waals surface area contributed by atoms with Gasteiger partial charge in [0.1, 0.15) is 0 Å². The molecule has 1 aliphatic heterocycles. The van der Waals surface area contributed by atoms with E-state index in [1.54, 1.807) is 4.90 Å². The van der Waals surface area contributed by atoms with E-state index in [1.165, 1.54) is 7.11 Å². The molecule has 1 aromatic carbocycles. The van der Waals surface area contributed by atoms with Crippen LogP contribution >= 0.6 is 0 Å². The molecule has 1 heterocycles. The zero-order chi connectivity index (χ0) is 14.5. The quantitative estimate of drug-likeness (QED) is 0.673. The third-order valence-electron chi connectivity index (χ3n) is 3.33. The second-order valence-corrected chi connectivity index (χ2v) is 4.67. The van der Waals surface area contributed by atoms with E-state index in [4.69, 9.17) is 5.11 Å². The van der Waals surface area contributed by atoms with Crippen LogP contribution in [0.15, 0.2) is 36.2 Å². The number of likely N-dealkylation sites (tertiary alicyclic amines) is 1. The third kappa shape index (κ3) is 3.17. The van der Waals surface area contributed by atoms with E-state index in [0.717, 1.165) is 17.4 Å². The lowest BCUT2D eigenvalue weighted by Crippen LogP contribution is -2.22. The van der Waals surface area contributed by atoms with Crippen LogP contribution < -0.4 is 0 Å². The predicted molar refractivity (Wildman–Crippen MR) is 72.7 cm³/mol. The summed E-state index contributed by atoms with van der Waals surface area (Å²) in [6, 6.07) is 7.43. The molecule has 1 saturated heterocycles. The van der Waals surface area contributed by atoms with E-state index >= 15 is 0 Å². The van der Waals surface area contributed by atoms with Crippen LogP contribution in [-0.4, -0.2) is 29.0 Å². The number of hydrogen-bond donors (Lipinski definition) is 1. The summed E-state index contributed by atoms with van der Waals surface area (Å²) in [6.07, 6.45) is 2.25. The van der Waals surface area contributed by atoms with Gasteiger partial charge in [0.05, 0.1) is 32.0 Å². The second kappa shape index (κ2) is 6.23. The Bertz CT molecular complexity index is 533. The number of carbonyl (C=O) groups is 2. The minimum Gasteiger partial charge on any atom is -0.514 e. The molecule has 20 heavy (non-hydrogen) atoms. The lowest BCUT2D eigenvalue weighted by atomic mass is 10.1. The monoisotopic (exact) mass is 275 g/mol. The highest BCUT2D eigenvalue weighted by Crippen LogP contribution is 2.24. The van der Waals surface area contributed by atoms with Crippen LogP contribution in [0.25, 0.3) is 0 Å². The Morgan fingerprint density at radius 3 is 2.55 bits per heavy atom. The molecule has 0 bridgehead atoms. The summed E-state index contributed by atoms with van der Waals surface area (Å²) in [6.45, 7) is 0.434. The number of aliphatic hydroxyl groups excluding tert-OH is 1. The van der Waals surface area contributed by atoms with Crippen molar-refractivity contribution in [2.75, 3.05) is 7.11 Å². The van der Waals surface area contributed by atoms with Gasteiger partial charge in [-0.25, -0.2) is 0 Å². The first-order valence-electron chi connectivity index (χ1n) is 6.42. The summed E-state index contributed by atoms with van der Waals surface area (Å²) in [7, 11) is 1.36. The van der Waals surface area contributed by atoms with Gasteiger partial charge < -0.3 is 14.7 Å². The molecule has 0 aromatic heterocycles. The summed E-state index contributed by atoms with van der Waals surface area (Å²) in [4.78, 5) is 24.5. The number of esters is 1. The predicted octanol–water partition coefficient (Wildman–Crippen LogP) is 1.92. The summed E-state index contributed by atoms with van der Waals surface area (Å²) in [5.41, 5.74) is 2.47. The van der Waals surface area contributed by atoms with Crippen molar-refractivity contribution in [2.45, 2.75) is 25.8 Å². The van der Waals surface area contributed by atoms with Crippen molar-refractivity contribution in [3.8, 4) is 0 Å². The normalized spacial score (nSPS) is 16.8. The van der Waals surface area contributed by atoms with Crippen molar-refractivity contribution >= 4 is 11.9 Å². The van der Waals surface area contributed by atoms with Crippen LogP contribution in [0.3, 0.4) is 0 Å². The van der Waals surface area contributed by atoms with E-state index < -0.39 is 0 Å². The molecule has 5 heteroatoms. The molecule has 0 atom stereocenters. The van der Waals surface area contributed by atoms with Gasteiger partial charge in [-0.2, -0.15) is 0 Å². The van der Waals surface area contributed by atoms with E-state index in [0.29, 0.717) is 25.1 Å². The van der Waals surface area contributed by atoms with Crippen molar-refractivity contribution in [3.63, 3.8) is 0 Å². The molecule has 0 unspecified atom stereocenters. The maximum atomic E-state index is 11.7. The van der Waals surface area contributed by atoms with Gasteiger partial charge >= 0.3 is 5.97 Å². The van der Waals surface area contributed by atoms with Gasteiger partial charge in [0.2, 0.25) is 5.91 Å². The van der Waals surface area contributed by atoms with Gasteiger partial charge in [-0.1, -0.05) is 24.3 Å². The maximum Gasteiger partial charge on any atom is 0.309 e. The molecular weight excluding hydrogens is 258 g/mol. The number of hydrogen-bond acceptors (Lipinski definition) is 4. The molecule has 5 nitrogen and oxygen atoms in total. The number of aliphatic hydroxyl groups is 1. The van der Waals surface area contributed by atoms with Gasteiger partial charge in [0.25, 0.3) is 0 Å². The second-order valence-electron chi connectivity index (χ2n) is 4.67. The summed E-state index contributed by atoms with van der Waals surface area (Å²) < 4.78 is 4.61. The fourth-order valence-electron chi connectivity index (χ4n) is 2.17. The first-order valence-corrected chi connectivity index (χ1v) is 6.42. The van der Waals surface area contributed by atoms with E-state index in [9.17, 15) is 9.59 Å². The van der Waals surface area contributed by atoms with Crippen LogP contribution in [0, 0.1) is 0 Å². The van der Waals surface area contributed by atoms with Crippen LogP contribution in [0.1, 0.15) is 24.0 Å². The van der Waals surface area contributed by atoms with Gasteiger partial charge in [-0.05, 0) is 17.5 Å². The summed E-state index contributed by atoms with van der Waals surface area (Å²) in [5, 5.41) is 9.10. The number of rotatable bonds is 4. The molecular formula is C15H17NO4. The SMILES string of the molecule is COC(=O)Cc1ccc(CN2C(=O)CC/C2=C\O)cc1. The number of carbonyl (C=O) groups excluding carboxylic acids is 2. The highest BCUT2D eigenvalue weighted by atomic mass is 16.5. The van der Waals surface area contributed by atoms with Crippen molar-refractivity contribution < 1.29 is 19.4 Å². The summed E-state index contributed by atoms with van der Waals surface area (Å²) in [5.74, 6) is -0.262. The Balaban J connectivity index is 2.03. The Hall–Kier alpha value is -2.30. The smallest absolute Gasteiger partial charge is 0.309 e. The van der Waals surface area contributed by atoms with Crippen molar-refractivity contribution in [1.82, 2.24) is 4.90 Å².